The smallest absolute Gasteiger partial charge is 0.201 e. The lowest BCUT2D eigenvalue weighted by molar-refractivity contribution is 0.170. The Bertz CT molecular complexity index is 617. The predicted octanol–water partition coefficient (Wildman–Crippen LogP) is 4.96. The van der Waals surface area contributed by atoms with Gasteiger partial charge in [-0.3, -0.25) is 0 Å². The van der Waals surface area contributed by atoms with Crippen molar-refractivity contribution in [1.82, 2.24) is 0 Å². The predicted molar refractivity (Wildman–Crippen MR) is 75.8 cm³/mol. The lowest BCUT2D eigenvalue weighted by atomic mass is 10.1. The summed E-state index contributed by atoms with van der Waals surface area (Å²) in [6, 6.07) is 9.11. The monoisotopic (exact) mass is 342 g/mol. The molecule has 106 valence electrons. The summed E-state index contributed by atoms with van der Waals surface area (Å²) in [6.07, 6.45) is -0.221. The molecule has 0 bridgehead atoms. The van der Waals surface area contributed by atoms with Crippen molar-refractivity contribution in [3.8, 4) is 11.5 Å². The Balaban J connectivity index is 2.40. The van der Waals surface area contributed by atoms with Gasteiger partial charge in [0, 0.05) is 10.0 Å². The number of benzene rings is 2. The van der Waals surface area contributed by atoms with Crippen LogP contribution in [0.4, 0.5) is 8.78 Å². The second-order valence-corrected chi connectivity index (χ2v) is 5.18. The summed E-state index contributed by atoms with van der Waals surface area (Å²) in [5.74, 6) is -1.98. The SMILES string of the molecule is CC[C@H](O)c1ccccc1Oc1cc(Br)cc(F)c1F. The van der Waals surface area contributed by atoms with Crippen molar-refractivity contribution in [1.29, 1.82) is 0 Å². The number of hydrogen-bond donors (Lipinski definition) is 1. The molecule has 0 amide bonds. The average Bonchev–Trinajstić information content (AvgIpc) is 2.44. The topological polar surface area (TPSA) is 29.5 Å². The number of halogens is 3. The van der Waals surface area contributed by atoms with Gasteiger partial charge in [0.15, 0.2) is 11.6 Å². The maximum absolute atomic E-state index is 13.7. The van der Waals surface area contributed by atoms with E-state index in [9.17, 15) is 13.9 Å². The van der Waals surface area contributed by atoms with Crippen molar-refractivity contribution in [2.45, 2.75) is 19.4 Å². The van der Waals surface area contributed by atoms with Crippen molar-refractivity contribution < 1.29 is 18.6 Å². The fourth-order valence-electron chi connectivity index (χ4n) is 1.79. The Morgan fingerprint density at radius 2 is 1.90 bits per heavy atom. The third kappa shape index (κ3) is 3.16. The van der Waals surface area contributed by atoms with E-state index in [0.717, 1.165) is 6.07 Å². The highest BCUT2D eigenvalue weighted by molar-refractivity contribution is 9.10. The standard InChI is InChI=1S/C15H13BrF2O2/c1-2-12(19)10-5-3-4-6-13(10)20-14-8-9(16)7-11(17)15(14)18/h3-8,12,19H,2H2,1H3/t12-/m0/s1. The van der Waals surface area contributed by atoms with Gasteiger partial charge in [-0.1, -0.05) is 41.1 Å². The van der Waals surface area contributed by atoms with Gasteiger partial charge >= 0.3 is 0 Å². The van der Waals surface area contributed by atoms with Crippen molar-refractivity contribution in [2.24, 2.45) is 0 Å². The van der Waals surface area contributed by atoms with Crippen LogP contribution in [-0.2, 0) is 0 Å². The fraction of sp³-hybridized carbons (Fsp3) is 0.200. The van der Waals surface area contributed by atoms with Crippen LogP contribution in [0.25, 0.3) is 0 Å². The van der Waals surface area contributed by atoms with E-state index in [4.69, 9.17) is 4.74 Å². The van der Waals surface area contributed by atoms with E-state index in [1.54, 1.807) is 24.3 Å². The number of para-hydroxylation sites is 1. The third-order valence-electron chi connectivity index (χ3n) is 2.84. The van der Waals surface area contributed by atoms with Gasteiger partial charge in [0.1, 0.15) is 5.75 Å². The minimum atomic E-state index is -1.06. The Morgan fingerprint density at radius 1 is 1.20 bits per heavy atom. The van der Waals surface area contributed by atoms with Gasteiger partial charge in [0.25, 0.3) is 0 Å². The first kappa shape index (κ1) is 14.9. The molecule has 0 radical (unpaired) electrons. The second kappa shape index (κ2) is 6.33. The normalized spacial score (nSPS) is 12.2. The Kier molecular flexibility index (Phi) is 4.73. The molecule has 0 saturated carbocycles. The van der Waals surface area contributed by atoms with Crippen LogP contribution in [0.5, 0.6) is 11.5 Å². The van der Waals surface area contributed by atoms with E-state index in [1.165, 1.54) is 6.07 Å². The number of hydrogen-bond acceptors (Lipinski definition) is 2. The Labute approximate surface area is 124 Å². The van der Waals surface area contributed by atoms with Crippen LogP contribution in [0.15, 0.2) is 40.9 Å². The molecule has 0 fully saturated rings. The van der Waals surface area contributed by atoms with Crippen molar-refractivity contribution in [3.63, 3.8) is 0 Å². The summed E-state index contributed by atoms with van der Waals surface area (Å²) in [6.45, 7) is 1.82. The van der Waals surface area contributed by atoms with E-state index >= 15 is 0 Å². The van der Waals surface area contributed by atoms with Crippen molar-refractivity contribution >= 4 is 15.9 Å². The van der Waals surface area contributed by atoms with Crippen LogP contribution < -0.4 is 4.74 Å². The van der Waals surface area contributed by atoms with Crippen LogP contribution in [-0.4, -0.2) is 5.11 Å². The molecule has 2 nitrogen and oxygen atoms in total. The Morgan fingerprint density at radius 3 is 2.60 bits per heavy atom. The lowest BCUT2D eigenvalue weighted by Gasteiger charge is -2.15. The molecule has 0 saturated heterocycles. The van der Waals surface area contributed by atoms with Crippen LogP contribution in [0.3, 0.4) is 0 Å². The van der Waals surface area contributed by atoms with Crippen molar-refractivity contribution in [2.75, 3.05) is 0 Å². The van der Waals surface area contributed by atoms with Gasteiger partial charge < -0.3 is 9.84 Å². The molecule has 20 heavy (non-hydrogen) atoms. The highest BCUT2D eigenvalue weighted by Crippen LogP contribution is 2.34. The largest absolute Gasteiger partial charge is 0.454 e. The molecule has 2 rings (SSSR count). The summed E-state index contributed by atoms with van der Waals surface area (Å²) in [5.41, 5.74) is 0.537. The van der Waals surface area contributed by atoms with Crippen LogP contribution in [0.2, 0.25) is 0 Å². The van der Waals surface area contributed by atoms with E-state index in [1.807, 2.05) is 6.92 Å². The summed E-state index contributed by atoms with van der Waals surface area (Å²) in [5, 5.41) is 9.91. The van der Waals surface area contributed by atoms with Crippen LogP contribution in [0.1, 0.15) is 25.0 Å². The molecule has 2 aromatic rings. The van der Waals surface area contributed by atoms with E-state index in [0.29, 0.717) is 22.2 Å². The zero-order valence-corrected chi connectivity index (χ0v) is 12.3. The molecule has 0 aliphatic heterocycles. The van der Waals surface area contributed by atoms with E-state index in [-0.39, 0.29) is 5.75 Å². The first-order valence-electron chi connectivity index (χ1n) is 6.12. The van der Waals surface area contributed by atoms with Crippen molar-refractivity contribution in [3.05, 3.63) is 58.1 Å². The Hall–Kier alpha value is -1.46. The fourth-order valence-corrected chi connectivity index (χ4v) is 2.20. The van der Waals surface area contributed by atoms with Gasteiger partial charge in [-0.15, -0.1) is 0 Å². The molecule has 0 unspecified atom stereocenters. The quantitative estimate of drug-likeness (QED) is 0.795. The third-order valence-corrected chi connectivity index (χ3v) is 3.30. The van der Waals surface area contributed by atoms with E-state index < -0.39 is 17.7 Å². The molecule has 0 aliphatic carbocycles. The number of aliphatic hydroxyl groups is 1. The summed E-state index contributed by atoms with van der Waals surface area (Å²) in [7, 11) is 0. The molecule has 1 atom stereocenters. The number of rotatable bonds is 4. The molecular formula is C15H13BrF2O2. The number of aliphatic hydroxyl groups excluding tert-OH is 1. The molecule has 1 N–H and O–H groups in total. The second-order valence-electron chi connectivity index (χ2n) is 4.26. The van der Waals surface area contributed by atoms with Gasteiger partial charge in [-0.05, 0) is 24.6 Å². The van der Waals surface area contributed by atoms with Crippen LogP contribution in [0, 0.1) is 11.6 Å². The highest BCUT2D eigenvalue weighted by atomic mass is 79.9. The van der Waals surface area contributed by atoms with E-state index in [2.05, 4.69) is 15.9 Å². The molecular weight excluding hydrogens is 330 g/mol. The molecule has 0 spiro atoms. The average molecular weight is 343 g/mol. The molecule has 5 heteroatoms. The minimum absolute atomic E-state index is 0.229. The molecule has 2 aromatic carbocycles. The minimum Gasteiger partial charge on any atom is -0.454 e. The first-order valence-corrected chi connectivity index (χ1v) is 6.91. The number of ether oxygens (including phenoxy) is 1. The molecule has 0 aromatic heterocycles. The highest BCUT2D eigenvalue weighted by Gasteiger charge is 2.16. The molecule has 0 heterocycles. The maximum atomic E-state index is 13.7. The van der Waals surface area contributed by atoms with Gasteiger partial charge in [0.2, 0.25) is 5.82 Å². The zero-order valence-electron chi connectivity index (χ0n) is 10.7. The van der Waals surface area contributed by atoms with Gasteiger partial charge in [-0.25, -0.2) is 4.39 Å². The maximum Gasteiger partial charge on any atom is 0.201 e. The summed E-state index contributed by atoms with van der Waals surface area (Å²) in [4.78, 5) is 0. The lowest BCUT2D eigenvalue weighted by Crippen LogP contribution is -2.00. The summed E-state index contributed by atoms with van der Waals surface area (Å²) < 4.78 is 32.8. The van der Waals surface area contributed by atoms with Gasteiger partial charge in [0.05, 0.1) is 6.10 Å². The first-order chi connectivity index (χ1) is 9.52. The van der Waals surface area contributed by atoms with Crippen LogP contribution >= 0.6 is 15.9 Å². The van der Waals surface area contributed by atoms with Gasteiger partial charge in [-0.2, -0.15) is 4.39 Å². The summed E-state index contributed by atoms with van der Waals surface area (Å²) >= 11 is 3.09. The molecule has 0 aliphatic rings. The zero-order chi connectivity index (χ0) is 14.7.